The molecular formula is C12H16N2O. The van der Waals surface area contributed by atoms with Crippen LogP contribution in [0.15, 0.2) is 24.5 Å². The van der Waals surface area contributed by atoms with Gasteiger partial charge in [-0.25, -0.2) is 0 Å². The highest BCUT2D eigenvalue weighted by Crippen LogP contribution is 2.27. The Kier molecular flexibility index (Phi) is 2.57. The average Bonchev–Trinajstić information content (AvgIpc) is 2.41. The summed E-state index contributed by atoms with van der Waals surface area (Å²) < 4.78 is 0. The molecule has 0 N–H and O–H groups in total. The van der Waals surface area contributed by atoms with E-state index in [0.29, 0.717) is 18.7 Å². The van der Waals surface area contributed by atoms with Crippen LogP contribution in [0, 0.1) is 0 Å². The zero-order valence-electron chi connectivity index (χ0n) is 9.23. The number of nitrogens with zero attached hydrogens (tertiary/aromatic N) is 2. The Balaban J connectivity index is 2.10. The summed E-state index contributed by atoms with van der Waals surface area (Å²) in [5.74, 6) is 0.337. The number of carbonyl (C=O) groups is 1. The standard InChI is InChI=1S/C12H16N2O/c1-12(2)6-11(15)9-14(12)8-10-4-3-5-13-7-10/h3-5,7H,6,8-9H2,1-2H3. The Morgan fingerprint density at radius 3 is 2.87 bits per heavy atom. The third-order valence-corrected chi connectivity index (χ3v) is 2.95. The van der Waals surface area contributed by atoms with Crippen molar-refractivity contribution in [3.63, 3.8) is 0 Å². The van der Waals surface area contributed by atoms with Crippen molar-refractivity contribution in [3.8, 4) is 0 Å². The number of Topliss-reactive ketones (excluding diaryl/α,β-unsaturated/α-hetero) is 1. The molecule has 1 aliphatic heterocycles. The summed E-state index contributed by atoms with van der Waals surface area (Å²) in [5.41, 5.74) is 1.16. The third-order valence-electron chi connectivity index (χ3n) is 2.95. The summed E-state index contributed by atoms with van der Waals surface area (Å²) in [4.78, 5) is 17.7. The fraction of sp³-hybridized carbons (Fsp3) is 0.500. The van der Waals surface area contributed by atoms with E-state index in [-0.39, 0.29) is 5.54 Å². The van der Waals surface area contributed by atoms with E-state index in [9.17, 15) is 4.79 Å². The monoisotopic (exact) mass is 204 g/mol. The summed E-state index contributed by atoms with van der Waals surface area (Å²) in [7, 11) is 0. The Bertz CT molecular complexity index is 359. The van der Waals surface area contributed by atoms with Gasteiger partial charge in [-0.2, -0.15) is 0 Å². The van der Waals surface area contributed by atoms with Gasteiger partial charge in [-0.3, -0.25) is 14.7 Å². The van der Waals surface area contributed by atoms with E-state index in [0.717, 1.165) is 6.54 Å². The van der Waals surface area contributed by atoms with Gasteiger partial charge in [0.05, 0.1) is 6.54 Å². The minimum Gasteiger partial charge on any atom is -0.298 e. The van der Waals surface area contributed by atoms with Crippen molar-refractivity contribution in [3.05, 3.63) is 30.1 Å². The lowest BCUT2D eigenvalue weighted by Crippen LogP contribution is -2.37. The average molecular weight is 204 g/mol. The zero-order chi connectivity index (χ0) is 10.9. The molecule has 2 heterocycles. The fourth-order valence-corrected chi connectivity index (χ4v) is 2.06. The van der Waals surface area contributed by atoms with Crippen LogP contribution in [0.5, 0.6) is 0 Å². The van der Waals surface area contributed by atoms with Gasteiger partial charge >= 0.3 is 0 Å². The molecule has 1 aromatic rings. The van der Waals surface area contributed by atoms with E-state index >= 15 is 0 Å². The van der Waals surface area contributed by atoms with Gasteiger partial charge in [0, 0.05) is 30.9 Å². The second-order valence-corrected chi connectivity index (χ2v) is 4.75. The van der Waals surface area contributed by atoms with Crippen molar-refractivity contribution in [2.75, 3.05) is 6.54 Å². The zero-order valence-corrected chi connectivity index (χ0v) is 9.23. The molecule has 0 atom stereocenters. The summed E-state index contributed by atoms with van der Waals surface area (Å²) in [6.45, 7) is 5.62. The second kappa shape index (κ2) is 3.74. The van der Waals surface area contributed by atoms with Crippen molar-refractivity contribution < 1.29 is 4.79 Å². The molecule has 0 amide bonds. The molecule has 0 unspecified atom stereocenters. The lowest BCUT2D eigenvalue weighted by Gasteiger charge is -2.30. The van der Waals surface area contributed by atoms with Gasteiger partial charge in [0.25, 0.3) is 0 Å². The van der Waals surface area contributed by atoms with Gasteiger partial charge in [-0.1, -0.05) is 6.07 Å². The summed E-state index contributed by atoms with van der Waals surface area (Å²) >= 11 is 0. The highest BCUT2D eigenvalue weighted by atomic mass is 16.1. The molecule has 80 valence electrons. The first kappa shape index (κ1) is 10.3. The van der Waals surface area contributed by atoms with Gasteiger partial charge in [-0.15, -0.1) is 0 Å². The molecule has 15 heavy (non-hydrogen) atoms. The van der Waals surface area contributed by atoms with E-state index in [1.807, 2.05) is 18.3 Å². The van der Waals surface area contributed by atoms with E-state index in [4.69, 9.17) is 0 Å². The Morgan fingerprint density at radius 1 is 1.53 bits per heavy atom. The Morgan fingerprint density at radius 2 is 2.33 bits per heavy atom. The maximum Gasteiger partial charge on any atom is 0.148 e. The predicted molar refractivity (Wildman–Crippen MR) is 58.4 cm³/mol. The first-order chi connectivity index (χ1) is 7.08. The topological polar surface area (TPSA) is 33.2 Å². The molecule has 1 saturated heterocycles. The van der Waals surface area contributed by atoms with Crippen LogP contribution < -0.4 is 0 Å². The van der Waals surface area contributed by atoms with Crippen molar-refractivity contribution in [1.29, 1.82) is 0 Å². The summed E-state index contributed by atoms with van der Waals surface area (Å²) in [6, 6.07) is 3.98. The lowest BCUT2D eigenvalue weighted by molar-refractivity contribution is -0.117. The number of aromatic nitrogens is 1. The van der Waals surface area contributed by atoms with E-state index in [1.54, 1.807) is 6.20 Å². The van der Waals surface area contributed by atoms with Crippen molar-refractivity contribution in [1.82, 2.24) is 9.88 Å². The molecule has 1 fully saturated rings. The van der Waals surface area contributed by atoms with Crippen LogP contribution in [0.3, 0.4) is 0 Å². The number of hydrogen-bond donors (Lipinski definition) is 0. The van der Waals surface area contributed by atoms with E-state index < -0.39 is 0 Å². The Hall–Kier alpha value is -1.22. The number of carbonyl (C=O) groups excluding carboxylic acids is 1. The van der Waals surface area contributed by atoms with Gasteiger partial charge in [0.2, 0.25) is 0 Å². The summed E-state index contributed by atoms with van der Waals surface area (Å²) in [6.07, 6.45) is 4.29. The van der Waals surface area contributed by atoms with Gasteiger partial charge in [0.1, 0.15) is 5.78 Å². The molecule has 1 aliphatic rings. The number of hydrogen-bond acceptors (Lipinski definition) is 3. The van der Waals surface area contributed by atoms with Crippen LogP contribution >= 0.6 is 0 Å². The molecular weight excluding hydrogens is 188 g/mol. The Labute approximate surface area is 90.1 Å². The van der Waals surface area contributed by atoms with Crippen molar-refractivity contribution in [2.24, 2.45) is 0 Å². The molecule has 0 aromatic carbocycles. The SMILES string of the molecule is CC1(C)CC(=O)CN1Cc1cccnc1. The largest absolute Gasteiger partial charge is 0.298 e. The lowest BCUT2D eigenvalue weighted by atomic mass is 10.0. The van der Waals surface area contributed by atoms with Gasteiger partial charge in [0.15, 0.2) is 0 Å². The van der Waals surface area contributed by atoms with E-state index in [1.165, 1.54) is 5.56 Å². The third kappa shape index (κ3) is 2.23. The van der Waals surface area contributed by atoms with Crippen LogP contribution in [-0.4, -0.2) is 27.8 Å². The fourth-order valence-electron chi connectivity index (χ4n) is 2.06. The first-order valence-corrected chi connectivity index (χ1v) is 5.23. The molecule has 0 bridgehead atoms. The molecule has 0 aliphatic carbocycles. The maximum atomic E-state index is 11.4. The maximum absolute atomic E-state index is 11.4. The van der Waals surface area contributed by atoms with Crippen LogP contribution in [0.4, 0.5) is 0 Å². The normalized spacial score (nSPS) is 20.8. The highest BCUT2D eigenvalue weighted by Gasteiger charge is 2.36. The minimum atomic E-state index is -0.00702. The number of rotatable bonds is 2. The van der Waals surface area contributed by atoms with Crippen LogP contribution in [0.2, 0.25) is 0 Å². The van der Waals surface area contributed by atoms with Crippen molar-refractivity contribution in [2.45, 2.75) is 32.4 Å². The van der Waals surface area contributed by atoms with E-state index in [2.05, 4.69) is 23.7 Å². The molecule has 0 spiro atoms. The van der Waals surface area contributed by atoms with Crippen LogP contribution in [0.25, 0.3) is 0 Å². The number of ketones is 1. The quantitative estimate of drug-likeness (QED) is 0.734. The molecule has 2 rings (SSSR count). The smallest absolute Gasteiger partial charge is 0.148 e. The van der Waals surface area contributed by atoms with Crippen molar-refractivity contribution >= 4 is 5.78 Å². The molecule has 0 radical (unpaired) electrons. The van der Waals surface area contributed by atoms with Crippen LogP contribution in [-0.2, 0) is 11.3 Å². The number of pyridine rings is 1. The molecule has 1 aromatic heterocycles. The minimum absolute atomic E-state index is 0.00702. The predicted octanol–water partition coefficient (Wildman–Crippen LogP) is 1.64. The summed E-state index contributed by atoms with van der Waals surface area (Å²) in [5, 5.41) is 0. The molecule has 0 saturated carbocycles. The second-order valence-electron chi connectivity index (χ2n) is 4.75. The molecule has 3 nitrogen and oxygen atoms in total. The number of likely N-dealkylation sites (tertiary alicyclic amines) is 1. The molecule has 3 heteroatoms. The highest BCUT2D eigenvalue weighted by molar-refractivity contribution is 5.84. The van der Waals surface area contributed by atoms with Gasteiger partial charge in [-0.05, 0) is 25.5 Å². The van der Waals surface area contributed by atoms with Crippen LogP contribution in [0.1, 0.15) is 25.8 Å². The van der Waals surface area contributed by atoms with Gasteiger partial charge < -0.3 is 0 Å². The first-order valence-electron chi connectivity index (χ1n) is 5.23.